The minimum absolute atomic E-state index is 0.0325. The van der Waals surface area contributed by atoms with Crippen LogP contribution in [0.1, 0.15) is 74.8 Å². The molecule has 4 nitrogen and oxygen atoms in total. The number of aliphatic hydroxyl groups excluding tert-OH is 1. The number of hydrogen-bond acceptors (Lipinski definition) is 3. The predicted octanol–water partition coefficient (Wildman–Crippen LogP) is 5.49. The first kappa shape index (κ1) is 24.1. The Bertz CT molecular complexity index is 826. The molecule has 1 N–H and O–H groups in total. The molecule has 2 aromatic rings. The summed E-state index contributed by atoms with van der Waals surface area (Å²) in [6, 6.07) is 19.1. The maximum absolute atomic E-state index is 13.4. The van der Waals surface area contributed by atoms with E-state index < -0.39 is 11.0 Å². The molecule has 0 saturated carbocycles. The summed E-state index contributed by atoms with van der Waals surface area (Å²) in [5, 5.41) is 9.33. The highest BCUT2D eigenvalue weighted by Gasteiger charge is 2.34. The molecule has 0 spiro atoms. The Balaban J connectivity index is 1.76. The van der Waals surface area contributed by atoms with Gasteiger partial charge >= 0.3 is 0 Å². The van der Waals surface area contributed by atoms with Crippen molar-refractivity contribution in [2.75, 3.05) is 13.2 Å². The van der Waals surface area contributed by atoms with Gasteiger partial charge in [-0.1, -0.05) is 74.9 Å². The summed E-state index contributed by atoms with van der Waals surface area (Å²) in [5.74, 6) is 0. The lowest BCUT2D eigenvalue weighted by Gasteiger charge is -2.37. The van der Waals surface area contributed by atoms with Crippen LogP contribution in [0.5, 0.6) is 0 Å². The first-order valence-electron chi connectivity index (χ1n) is 11.6. The molecule has 3 rings (SSSR count). The van der Waals surface area contributed by atoms with Crippen LogP contribution < -0.4 is 0 Å². The standard InChI is InChI=1S/C26H37NO3S/c1-4-17-26(5-2,30-19-18-28)24-14-12-22(13-15-24)20-27-21(3)11-16-25(31(27)29)23-9-7-6-8-10-23/h6-10,12-15,21,25,28H,4-5,11,16-20H2,1-3H3/t21-,25+,26?,31?/m0/s1. The molecule has 1 aliphatic rings. The van der Waals surface area contributed by atoms with Crippen LogP contribution in [0.2, 0.25) is 0 Å². The average Bonchev–Trinajstić information content (AvgIpc) is 2.80. The minimum Gasteiger partial charge on any atom is -0.394 e. The SMILES string of the molecule is CCCC(CC)(OCCO)c1ccc(CN2[C@@H](C)CC[C@H](c3ccccc3)S2=O)cc1. The molecule has 0 radical (unpaired) electrons. The van der Waals surface area contributed by atoms with Gasteiger partial charge in [0.2, 0.25) is 0 Å². The normalized spacial score (nSPS) is 24.1. The highest BCUT2D eigenvalue weighted by molar-refractivity contribution is 7.83. The van der Waals surface area contributed by atoms with Crippen molar-refractivity contribution in [3.05, 3.63) is 71.3 Å². The van der Waals surface area contributed by atoms with E-state index in [-0.39, 0.29) is 17.5 Å². The summed E-state index contributed by atoms with van der Waals surface area (Å²) in [5.41, 5.74) is 3.14. The average molecular weight is 444 g/mol. The van der Waals surface area contributed by atoms with Gasteiger partial charge in [-0.3, -0.25) is 0 Å². The maximum atomic E-state index is 13.4. The third kappa shape index (κ3) is 5.64. The van der Waals surface area contributed by atoms with Crippen molar-refractivity contribution in [3.8, 4) is 0 Å². The number of benzene rings is 2. The molecule has 0 aromatic heterocycles. The van der Waals surface area contributed by atoms with E-state index in [0.29, 0.717) is 19.2 Å². The third-order valence-corrected chi connectivity index (χ3v) is 8.44. The fourth-order valence-corrected chi connectivity index (χ4v) is 6.46. The zero-order valence-electron chi connectivity index (χ0n) is 19.1. The summed E-state index contributed by atoms with van der Waals surface area (Å²) < 4.78 is 21.7. The Morgan fingerprint density at radius 1 is 1.10 bits per heavy atom. The summed E-state index contributed by atoms with van der Waals surface area (Å²) in [6.07, 6.45) is 4.83. The Labute approximate surface area is 190 Å². The largest absolute Gasteiger partial charge is 0.394 e. The number of aliphatic hydroxyl groups is 1. The van der Waals surface area contributed by atoms with Crippen molar-refractivity contribution >= 4 is 11.0 Å². The fourth-order valence-electron chi connectivity index (χ4n) is 4.67. The highest BCUT2D eigenvalue weighted by Crippen LogP contribution is 2.37. The van der Waals surface area contributed by atoms with Crippen molar-refractivity contribution in [2.24, 2.45) is 0 Å². The first-order valence-corrected chi connectivity index (χ1v) is 12.8. The molecule has 1 saturated heterocycles. The van der Waals surface area contributed by atoms with Gasteiger partial charge in [0.15, 0.2) is 0 Å². The van der Waals surface area contributed by atoms with Crippen molar-refractivity contribution in [2.45, 2.75) is 76.3 Å². The molecule has 0 amide bonds. The fraction of sp³-hybridized carbons (Fsp3) is 0.538. The molecule has 2 unspecified atom stereocenters. The van der Waals surface area contributed by atoms with Gasteiger partial charge < -0.3 is 9.84 Å². The number of nitrogens with zero attached hydrogens (tertiary/aromatic N) is 1. The predicted molar refractivity (Wildman–Crippen MR) is 128 cm³/mol. The topological polar surface area (TPSA) is 49.8 Å². The van der Waals surface area contributed by atoms with Crippen molar-refractivity contribution < 1.29 is 14.1 Å². The number of hydrogen-bond donors (Lipinski definition) is 1. The molecule has 5 heteroatoms. The van der Waals surface area contributed by atoms with E-state index in [1.807, 2.05) is 18.2 Å². The minimum atomic E-state index is -1.05. The summed E-state index contributed by atoms with van der Waals surface area (Å²) in [6.45, 7) is 7.55. The molecular formula is C26H37NO3S. The van der Waals surface area contributed by atoms with E-state index in [1.54, 1.807) is 0 Å². The number of rotatable bonds is 10. The van der Waals surface area contributed by atoms with Crippen LogP contribution in [0.4, 0.5) is 0 Å². The lowest BCUT2D eigenvalue weighted by molar-refractivity contribution is -0.0722. The maximum Gasteiger partial charge on any atom is 0.102 e. The van der Waals surface area contributed by atoms with Gasteiger partial charge in [-0.15, -0.1) is 0 Å². The Morgan fingerprint density at radius 3 is 2.42 bits per heavy atom. The van der Waals surface area contributed by atoms with Gasteiger partial charge in [-0.25, -0.2) is 8.51 Å². The van der Waals surface area contributed by atoms with Gasteiger partial charge in [0.05, 0.1) is 24.1 Å². The molecule has 1 fully saturated rings. The van der Waals surface area contributed by atoms with Gasteiger partial charge in [0.25, 0.3) is 0 Å². The highest BCUT2D eigenvalue weighted by atomic mass is 32.2. The smallest absolute Gasteiger partial charge is 0.102 e. The number of ether oxygens (including phenoxy) is 1. The van der Waals surface area contributed by atoms with Crippen LogP contribution in [-0.4, -0.2) is 32.9 Å². The van der Waals surface area contributed by atoms with Crippen molar-refractivity contribution in [1.82, 2.24) is 4.31 Å². The molecule has 31 heavy (non-hydrogen) atoms. The van der Waals surface area contributed by atoms with Crippen LogP contribution >= 0.6 is 0 Å². The second-order valence-corrected chi connectivity index (χ2v) is 10.1. The van der Waals surface area contributed by atoms with Crippen LogP contribution in [0.3, 0.4) is 0 Å². The van der Waals surface area contributed by atoms with Crippen LogP contribution in [0.15, 0.2) is 54.6 Å². The zero-order chi connectivity index (χ0) is 22.3. The molecule has 0 bridgehead atoms. The van der Waals surface area contributed by atoms with Crippen molar-refractivity contribution in [1.29, 1.82) is 0 Å². The summed E-state index contributed by atoms with van der Waals surface area (Å²) >= 11 is 0. The van der Waals surface area contributed by atoms with Gasteiger partial charge in [-0.05, 0) is 49.3 Å². The molecular weight excluding hydrogens is 406 g/mol. The molecule has 4 atom stereocenters. The van der Waals surface area contributed by atoms with E-state index in [1.165, 1.54) is 11.1 Å². The van der Waals surface area contributed by atoms with E-state index in [2.05, 4.69) is 61.5 Å². The van der Waals surface area contributed by atoms with Gasteiger partial charge in [-0.2, -0.15) is 0 Å². The second-order valence-electron chi connectivity index (χ2n) is 8.54. The van der Waals surface area contributed by atoms with E-state index in [0.717, 1.165) is 37.7 Å². The Kier molecular flexibility index (Phi) is 8.85. The lowest BCUT2D eigenvalue weighted by Crippen LogP contribution is -2.40. The molecule has 1 aliphatic heterocycles. The van der Waals surface area contributed by atoms with E-state index in [4.69, 9.17) is 4.74 Å². The molecule has 2 aromatic carbocycles. The second kappa shape index (κ2) is 11.4. The van der Waals surface area contributed by atoms with Gasteiger partial charge in [0.1, 0.15) is 11.0 Å². The zero-order valence-corrected chi connectivity index (χ0v) is 19.9. The van der Waals surface area contributed by atoms with E-state index >= 15 is 0 Å². The van der Waals surface area contributed by atoms with Crippen LogP contribution in [-0.2, 0) is 27.9 Å². The van der Waals surface area contributed by atoms with Crippen LogP contribution in [0.25, 0.3) is 0 Å². The molecule has 0 aliphatic carbocycles. The lowest BCUT2D eigenvalue weighted by atomic mass is 9.86. The van der Waals surface area contributed by atoms with Crippen molar-refractivity contribution in [3.63, 3.8) is 0 Å². The Hall–Kier alpha value is -1.53. The van der Waals surface area contributed by atoms with Crippen LogP contribution in [0, 0.1) is 0 Å². The molecule has 170 valence electrons. The molecule has 1 heterocycles. The first-order chi connectivity index (χ1) is 15.0. The van der Waals surface area contributed by atoms with E-state index in [9.17, 15) is 9.32 Å². The summed E-state index contributed by atoms with van der Waals surface area (Å²) in [7, 11) is -1.05. The quantitative estimate of drug-likeness (QED) is 0.528. The monoisotopic (exact) mass is 443 g/mol. The summed E-state index contributed by atoms with van der Waals surface area (Å²) in [4.78, 5) is 0. The third-order valence-electron chi connectivity index (χ3n) is 6.50. The Morgan fingerprint density at radius 2 is 1.81 bits per heavy atom. The van der Waals surface area contributed by atoms with Gasteiger partial charge in [0, 0.05) is 12.6 Å².